The lowest BCUT2D eigenvalue weighted by molar-refractivity contribution is -0.145. The number of nitrogens with zero attached hydrogens (tertiary/aromatic N) is 1. The molecule has 0 bridgehead atoms. The van der Waals surface area contributed by atoms with Crippen LogP contribution >= 0.6 is 0 Å². The number of benzene rings is 1. The Labute approximate surface area is 112 Å². The van der Waals surface area contributed by atoms with Gasteiger partial charge in [0.1, 0.15) is 0 Å². The van der Waals surface area contributed by atoms with Gasteiger partial charge in [-0.3, -0.25) is 9.59 Å². The zero-order chi connectivity index (χ0) is 14.2. The van der Waals surface area contributed by atoms with Gasteiger partial charge in [-0.05, 0) is 31.0 Å². The third-order valence-corrected chi connectivity index (χ3v) is 3.40. The van der Waals surface area contributed by atoms with Gasteiger partial charge in [-0.15, -0.1) is 0 Å². The fourth-order valence-corrected chi connectivity index (χ4v) is 2.61. The summed E-state index contributed by atoms with van der Waals surface area (Å²) in [6.45, 7) is 4.20. The molecule has 0 radical (unpaired) electrons. The van der Waals surface area contributed by atoms with Gasteiger partial charge in [-0.25, -0.2) is 0 Å². The van der Waals surface area contributed by atoms with Gasteiger partial charge in [0.25, 0.3) is 0 Å². The second-order valence-electron chi connectivity index (χ2n) is 4.95. The Bertz CT molecular complexity index is 516. The van der Waals surface area contributed by atoms with Gasteiger partial charge in [0.2, 0.25) is 5.91 Å². The average Bonchev–Trinajstić information content (AvgIpc) is 2.69. The molecule has 0 aliphatic carbocycles. The van der Waals surface area contributed by atoms with Crippen LogP contribution in [-0.4, -0.2) is 25.5 Å². The highest BCUT2D eigenvalue weighted by atomic mass is 16.5. The van der Waals surface area contributed by atoms with Crippen LogP contribution in [0.5, 0.6) is 0 Å². The number of esters is 1. The fraction of sp³-hybridized carbons (Fsp3) is 0.429. The topological polar surface area (TPSA) is 72.6 Å². The number of amides is 1. The summed E-state index contributed by atoms with van der Waals surface area (Å²) in [7, 11) is 1.33. The fourth-order valence-electron chi connectivity index (χ4n) is 2.61. The van der Waals surface area contributed by atoms with Crippen molar-refractivity contribution in [2.75, 3.05) is 24.3 Å². The molecular formula is C14H18N2O3. The van der Waals surface area contributed by atoms with Crippen LogP contribution < -0.4 is 10.6 Å². The SMILES string of the molecule is COC(=O)C1CC(=O)N(c2c(C)cc(C)cc2N)C1. The molecule has 2 rings (SSSR count). The Morgan fingerprint density at radius 1 is 1.42 bits per heavy atom. The standard InChI is InChI=1S/C14H18N2O3/c1-8-4-9(2)13(11(15)5-8)16-7-10(6-12(16)17)14(18)19-3/h4-5,10H,6-7,15H2,1-3H3. The summed E-state index contributed by atoms with van der Waals surface area (Å²) in [6.07, 6.45) is 0.180. The summed E-state index contributed by atoms with van der Waals surface area (Å²) < 4.78 is 4.70. The van der Waals surface area contributed by atoms with Crippen LogP contribution in [0, 0.1) is 19.8 Å². The maximum atomic E-state index is 12.1. The van der Waals surface area contributed by atoms with Crippen molar-refractivity contribution in [3.8, 4) is 0 Å². The van der Waals surface area contributed by atoms with E-state index in [2.05, 4.69) is 0 Å². The summed E-state index contributed by atoms with van der Waals surface area (Å²) >= 11 is 0. The summed E-state index contributed by atoms with van der Waals surface area (Å²) in [5.74, 6) is -0.842. The van der Waals surface area contributed by atoms with Gasteiger partial charge in [-0.2, -0.15) is 0 Å². The molecule has 1 aromatic rings. The molecule has 5 heteroatoms. The van der Waals surface area contributed by atoms with Crippen LogP contribution in [0.15, 0.2) is 12.1 Å². The van der Waals surface area contributed by atoms with E-state index in [1.54, 1.807) is 4.90 Å². The van der Waals surface area contributed by atoms with E-state index in [1.807, 2.05) is 26.0 Å². The Kier molecular flexibility index (Phi) is 3.46. The number of rotatable bonds is 2. The van der Waals surface area contributed by atoms with Crippen molar-refractivity contribution in [1.82, 2.24) is 0 Å². The molecule has 2 N–H and O–H groups in total. The lowest BCUT2D eigenvalue weighted by atomic mass is 10.1. The van der Waals surface area contributed by atoms with E-state index in [4.69, 9.17) is 10.5 Å². The van der Waals surface area contributed by atoms with Crippen molar-refractivity contribution in [1.29, 1.82) is 0 Å². The minimum atomic E-state index is -0.405. The molecule has 5 nitrogen and oxygen atoms in total. The normalized spacial score (nSPS) is 18.8. The van der Waals surface area contributed by atoms with Crippen molar-refractivity contribution >= 4 is 23.3 Å². The van der Waals surface area contributed by atoms with E-state index in [9.17, 15) is 9.59 Å². The third-order valence-electron chi connectivity index (χ3n) is 3.40. The first-order valence-electron chi connectivity index (χ1n) is 6.19. The number of carbonyl (C=O) groups is 2. The molecule has 1 fully saturated rings. The number of anilines is 2. The predicted octanol–water partition coefficient (Wildman–Crippen LogP) is 1.41. The lowest BCUT2D eigenvalue weighted by Gasteiger charge is -2.21. The van der Waals surface area contributed by atoms with E-state index in [0.29, 0.717) is 17.9 Å². The monoisotopic (exact) mass is 262 g/mol. The second-order valence-corrected chi connectivity index (χ2v) is 4.95. The van der Waals surface area contributed by atoms with E-state index in [-0.39, 0.29) is 18.3 Å². The van der Waals surface area contributed by atoms with E-state index in [0.717, 1.165) is 11.1 Å². The molecule has 0 spiro atoms. The molecule has 1 aliphatic heterocycles. The van der Waals surface area contributed by atoms with Gasteiger partial charge >= 0.3 is 5.97 Å². The van der Waals surface area contributed by atoms with Crippen molar-refractivity contribution in [2.45, 2.75) is 20.3 Å². The molecule has 1 heterocycles. The van der Waals surface area contributed by atoms with E-state index < -0.39 is 5.92 Å². The highest BCUT2D eigenvalue weighted by Crippen LogP contribution is 2.33. The molecule has 0 aromatic heterocycles. The van der Waals surface area contributed by atoms with Gasteiger partial charge in [0.05, 0.1) is 24.4 Å². The summed E-state index contributed by atoms with van der Waals surface area (Å²) in [6, 6.07) is 3.81. The van der Waals surface area contributed by atoms with Crippen LogP contribution in [0.2, 0.25) is 0 Å². The van der Waals surface area contributed by atoms with Gasteiger partial charge in [-0.1, -0.05) is 6.07 Å². The summed E-state index contributed by atoms with van der Waals surface area (Å²) in [5.41, 5.74) is 9.28. The first-order chi connectivity index (χ1) is 8.93. The molecule has 1 amide bonds. The Morgan fingerprint density at radius 3 is 2.68 bits per heavy atom. The number of nitrogen functional groups attached to an aromatic ring is 1. The maximum Gasteiger partial charge on any atom is 0.311 e. The maximum absolute atomic E-state index is 12.1. The van der Waals surface area contributed by atoms with Crippen molar-refractivity contribution in [3.63, 3.8) is 0 Å². The third kappa shape index (κ3) is 2.41. The van der Waals surface area contributed by atoms with Gasteiger partial charge in [0, 0.05) is 13.0 Å². The number of ether oxygens (including phenoxy) is 1. The van der Waals surface area contributed by atoms with Gasteiger partial charge in [0.15, 0.2) is 0 Å². The number of hydrogen-bond acceptors (Lipinski definition) is 4. The number of nitrogens with two attached hydrogens (primary N) is 1. The molecule has 0 saturated carbocycles. The van der Waals surface area contributed by atoms with E-state index in [1.165, 1.54) is 7.11 Å². The van der Waals surface area contributed by atoms with Crippen molar-refractivity contribution in [3.05, 3.63) is 23.3 Å². The first-order valence-corrected chi connectivity index (χ1v) is 6.19. The Morgan fingerprint density at radius 2 is 2.11 bits per heavy atom. The van der Waals surface area contributed by atoms with Crippen LogP contribution in [0.25, 0.3) is 0 Å². The molecule has 1 saturated heterocycles. The molecule has 1 aromatic carbocycles. The lowest BCUT2D eigenvalue weighted by Crippen LogP contribution is -2.27. The second kappa shape index (κ2) is 4.91. The molecule has 102 valence electrons. The zero-order valence-corrected chi connectivity index (χ0v) is 11.4. The molecule has 1 atom stereocenters. The minimum absolute atomic E-state index is 0.0888. The Hall–Kier alpha value is -2.04. The first kappa shape index (κ1) is 13.4. The summed E-state index contributed by atoms with van der Waals surface area (Å²) in [4.78, 5) is 25.2. The number of methoxy groups -OCH3 is 1. The average molecular weight is 262 g/mol. The quantitative estimate of drug-likeness (QED) is 0.646. The predicted molar refractivity (Wildman–Crippen MR) is 72.8 cm³/mol. The van der Waals surface area contributed by atoms with Crippen LogP contribution in [0.3, 0.4) is 0 Å². The largest absolute Gasteiger partial charge is 0.469 e. The number of aryl methyl sites for hydroxylation is 2. The number of carbonyl (C=O) groups excluding carboxylic acids is 2. The van der Waals surface area contributed by atoms with Gasteiger partial charge < -0.3 is 15.4 Å². The summed E-state index contributed by atoms with van der Waals surface area (Å²) in [5, 5.41) is 0. The van der Waals surface area contributed by atoms with Crippen molar-refractivity contribution < 1.29 is 14.3 Å². The number of hydrogen-bond donors (Lipinski definition) is 1. The smallest absolute Gasteiger partial charge is 0.311 e. The molecule has 1 unspecified atom stereocenters. The molecular weight excluding hydrogens is 244 g/mol. The van der Waals surface area contributed by atoms with E-state index >= 15 is 0 Å². The highest BCUT2D eigenvalue weighted by Gasteiger charge is 2.37. The molecule has 1 aliphatic rings. The van der Waals surface area contributed by atoms with Crippen LogP contribution in [0.1, 0.15) is 17.5 Å². The highest BCUT2D eigenvalue weighted by molar-refractivity contribution is 6.02. The van der Waals surface area contributed by atoms with Crippen LogP contribution in [0.4, 0.5) is 11.4 Å². The molecule has 19 heavy (non-hydrogen) atoms. The Balaban J connectivity index is 2.33. The van der Waals surface area contributed by atoms with Crippen molar-refractivity contribution in [2.24, 2.45) is 5.92 Å². The van der Waals surface area contributed by atoms with Crippen LogP contribution in [-0.2, 0) is 14.3 Å². The zero-order valence-electron chi connectivity index (χ0n) is 11.4. The minimum Gasteiger partial charge on any atom is -0.469 e.